The van der Waals surface area contributed by atoms with Crippen LogP contribution in [-0.4, -0.2) is 67.3 Å². The van der Waals surface area contributed by atoms with Gasteiger partial charge in [0.05, 0.1) is 0 Å². The molecule has 0 unspecified atom stereocenters. The summed E-state index contributed by atoms with van der Waals surface area (Å²) >= 11 is 0. The number of nitrogens with one attached hydrogen (secondary N) is 2. The molecule has 19 heavy (non-hydrogen) atoms. The van der Waals surface area contributed by atoms with Gasteiger partial charge in [0.25, 0.3) is 0 Å². The maximum Gasteiger partial charge on any atom is 0.332 e. The van der Waals surface area contributed by atoms with Crippen LogP contribution in [0.3, 0.4) is 0 Å². The second-order valence-corrected chi connectivity index (χ2v) is 4.45. The maximum absolute atomic E-state index is 11.6. The zero-order valence-corrected chi connectivity index (χ0v) is 11.0. The Balaban J connectivity index is 2.19. The zero-order chi connectivity index (χ0) is 14.4. The van der Waals surface area contributed by atoms with E-state index in [0.717, 1.165) is 0 Å². The molecule has 0 bridgehead atoms. The van der Waals surface area contributed by atoms with Crippen molar-refractivity contribution < 1.29 is 24.2 Å². The fraction of sp³-hybridized carbons (Fsp3) is 0.727. The molecule has 1 saturated heterocycles. The van der Waals surface area contributed by atoms with Crippen molar-refractivity contribution in [2.24, 2.45) is 0 Å². The van der Waals surface area contributed by atoms with Crippen LogP contribution in [0.25, 0.3) is 0 Å². The van der Waals surface area contributed by atoms with Gasteiger partial charge >= 0.3 is 12.0 Å². The number of urea groups is 1. The van der Waals surface area contributed by atoms with Crippen molar-refractivity contribution in [2.75, 3.05) is 27.2 Å². The van der Waals surface area contributed by atoms with Crippen molar-refractivity contribution in [3.63, 3.8) is 0 Å². The number of ether oxygens (including phenoxy) is 1. The summed E-state index contributed by atoms with van der Waals surface area (Å²) in [7, 11) is 3.23. The average molecular weight is 273 g/mol. The van der Waals surface area contributed by atoms with Crippen LogP contribution in [-0.2, 0) is 14.3 Å². The lowest BCUT2D eigenvalue weighted by molar-refractivity contribution is -0.151. The molecular weight excluding hydrogens is 254 g/mol. The van der Waals surface area contributed by atoms with Gasteiger partial charge < -0.3 is 25.4 Å². The maximum atomic E-state index is 11.6. The van der Waals surface area contributed by atoms with E-state index >= 15 is 0 Å². The van der Waals surface area contributed by atoms with Crippen molar-refractivity contribution >= 4 is 17.9 Å². The van der Waals surface area contributed by atoms with Gasteiger partial charge in [0.15, 0.2) is 6.10 Å². The van der Waals surface area contributed by atoms with Crippen LogP contribution >= 0.6 is 0 Å². The monoisotopic (exact) mass is 273 g/mol. The second kappa shape index (κ2) is 6.93. The van der Waals surface area contributed by atoms with Gasteiger partial charge in [-0.3, -0.25) is 4.79 Å². The summed E-state index contributed by atoms with van der Waals surface area (Å²) in [6.07, 6.45) is -0.882. The van der Waals surface area contributed by atoms with Crippen LogP contribution in [0.15, 0.2) is 0 Å². The van der Waals surface area contributed by atoms with Crippen LogP contribution in [0.5, 0.6) is 0 Å². The molecule has 3 amide bonds. The summed E-state index contributed by atoms with van der Waals surface area (Å²) in [5.74, 6) is -1.39. The fourth-order valence-corrected chi connectivity index (χ4v) is 1.64. The lowest BCUT2D eigenvalue weighted by Gasteiger charge is -2.14. The van der Waals surface area contributed by atoms with Crippen molar-refractivity contribution in [1.82, 2.24) is 15.5 Å². The number of rotatable bonds is 5. The topological polar surface area (TPSA) is 108 Å². The molecule has 8 nitrogen and oxygen atoms in total. The minimum atomic E-state index is -1.05. The van der Waals surface area contributed by atoms with E-state index in [1.807, 2.05) is 0 Å². The smallest absolute Gasteiger partial charge is 0.332 e. The molecule has 8 heteroatoms. The van der Waals surface area contributed by atoms with Crippen molar-refractivity contribution in [3.8, 4) is 0 Å². The Morgan fingerprint density at radius 2 is 1.74 bits per heavy atom. The Hall–Kier alpha value is -1.83. The minimum absolute atomic E-state index is 0.239. The first-order chi connectivity index (χ1) is 8.91. The van der Waals surface area contributed by atoms with Crippen molar-refractivity contribution in [3.05, 3.63) is 0 Å². The predicted molar refractivity (Wildman–Crippen MR) is 65.6 cm³/mol. The van der Waals surface area contributed by atoms with Gasteiger partial charge in [-0.1, -0.05) is 0 Å². The molecule has 1 heterocycles. The summed E-state index contributed by atoms with van der Waals surface area (Å²) < 4.78 is 5.09. The SMILES string of the molecule is CN(C)C(=O)NCCNC(=O)[C@@H]1CC[C@H](C(=O)O)O1. The highest BCUT2D eigenvalue weighted by Gasteiger charge is 2.34. The predicted octanol–water partition coefficient (Wildman–Crippen LogP) is -0.994. The van der Waals surface area contributed by atoms with E-state index in [0.29, 0.717) is 19.4 Å². The normalized spacial score (nSPS) is 21.8. The van der Waals surface area contributed by atoms with Gasteiger partial charge in [0.2, 0.25) is 5.91 Å². The number of carbonyl (C=O) groups is 3. The Kier molecular flexibility index (Phi) is 5.56. The van der Waals surface area contributed by atoms with Gasteiger partial charge in [0.1, 0.15) is 6.10 Å². The second-order valence-electron chi connectivity index (χ2n) is 4.45. The third-order valence-corrected chi connectivity index (χ3v) is 2.69. The Morgan fingerprint density at radius 1 is 1.16 bits per heavy atom. The first kappa shape index (κ1) is 15.2. The lowest BCUT2D eigenvalue weighted by Crippen LogP contribution is -2.42. The molecule has 1 rings (SSSR count). The van der Waals surface area contributed by atoms with E-state index < -0.39 is 18.2 Å². The van der Waals surface area contributed by atoms with Gasteiger partial charge in [-0.15, -0.1) is 0 Å². The number of amides is 3. The van der Waals surface area contributed by atoms with E-state index in [4.69, 9.17) is 9.84 Å². The van der Waals surface area contributed by atoms with Crippen LogP contribution in [0.2, 0.25) is 0 Å². The first-order valence-corrected chi connectivity index (χ1v) is 6.03. The molecule has 2 atom stereocenters. The van der Waals surface area contributed by atoms with E-state index in [1.165, 1.54) is 4.90 Å². The Bertz CT molecular complexity index is 358. The van der Waals surface area contributed by atoms with E-state index in [9.17, 15) is 14.4 Å². The molecule has 0 aliphatic carbocycles. The zero-order valence-electron chi connectivity index (χ0n) is 11.0. The Morgan fingerprint density at radius 3 is 2.26 bits per heavy atom. The lowest BCUT2D eigenvalue weighted by atomic mass is 10.2. The highest BCUT2D eigenvalue weighted by molar-refractivity contribution is 5.82. The number of hydrogen-bond donors (Lipinski definition) is 3. The number of carboxylic acid groups (broad SMARTS) is 1. The third-order valence-electron chi connectivity index (χ3n) is 2.69. The molecule has 1 fully saturated rings. The van der Waals surface area contributed by atoms with Gasteiger partial charge in [-0.05, 0) is 12.8 Å². The number of carboxylic acids is 1. The molecule has 108 valence electrons. The fourth-order valence-electron chi connectivity index (χ4n) is 1.64. The number of hydrogen-bond acceptors (Lipinski definition) is 4. The van der Waals surface area contributed by atoms with Gasteiger partial charge in [-0.2, -0.15) is 0 Å². The molecule has 0 aromatic rings. The van der Waals surface area contributed by atoms with Crippen LogP contribution in [0, 0.1) is 0 Å². The summed E-state index contributed by atoms with van der Waals surface area (Å²) in [5.41, 5.74) is 0. The number of carbonyl (C=O) groups excluding carboxylic acids is 2. The quantitative estimate of drug-likeness (QED) is 0.557. The highest BCUT2D eigenvalue weighted by Crippen LogP contribution is 2.19. The van der Waals surface area contributed by atoms with Crippen LogP contribution in [0.1, 0.15) is 12.8 Å². The van der Waals surface area contributed by atoms with E-state index in [-0.39, 0.29) is 18.5 Å². The number of aliphatic carboxylic acids is 1. The average Bonchev–Trinajstić information content (AvgIpc) is 2.83. The molecule has 0 aromatic carbocycles. The van der Waals surface area contributed by atoms with E-state index in [2.05, 4.69) is 10.6 Å². The van der Waals surface area contributed by atoms with Crippen LogP contribution in [0.4, 0.5) is 4.79 Å². The summed E-state index contributed by atoms with van der Waals surface area (Å²) in [4.78, 5) is 34.9. The van der Waals surface area contributed by atoms with Gasteiger partial charge in [-0.25, -0.2) is 9.59 Å². The molecule has 3 N–H and O–H groups in total. The van der Waals surface area contributed by atoms with Gasteiger partial charge in [0, 0.05) is 27.2 Å². The standard InChI is InChI=1S/C11H19N3O5/c1-14(2)11(18)13-6-5-12-9(15)7-3-4-8(19-7)10(16)17/h7-8H,3-6H2,1-2H3,(H,12,15)(H,13,18)(H,16,17)/t7-,8+/m0/s1. The summed E-state index contributed by atoms with van der Waals surface area (Å²) in [6.45, 7) is 0.577. The molecule has 0 aromatic heterocycles. The third kappa shape index (κ3) is 4.74. The Labute approximate surface area is 111 Å². The van der Waals surface area contributed by atoms with Crippen LogP contribution < -0.4 is 10.6 Å². The molecule has 1 aliphatic rings. The van der Waals surface area contributed by atoms with E-state index in [1.54, 1.807) is 14.1 Å². The molecular formula is C11H19N3O5. The summed E-state index contributed by atoms with van der Waals surface area (Å²) in [5, 5.41) is 13.9. The summed E-state index contributed by atoms with van der Waals surface area (Å²) in [6, 6.07) is -0.239. The number of nitrogens with zero attached hydrogens (tertiary/aromatic N) is 1. The largest absolute Gasteiger partial charge is 0.479 e. The first-order valence-electron chi connectivity index (χ1n) is 6.03. The molecule has 0 radical (unpaired) electrons. The molecule has 0 spiro atoms. The molecule has 0 saturated carbocycles. The van der Waals surface area contributed by atoms with Crippen molar-refractivity contribution in [1.29, 1.82) is 0 Å². The highest BCUT2D eigenvalue weighted by atomic mass is 16.5. The minimum Gasteiger partial charge on any atom is -0.479 e. The van der Waals surface area contributed by atoms with Crippen molar-refractivity contribution in [2.45, 2.75) is 25.0 Å². The molecule has 1 aliphatic heterocycles.